The zero-order chi connectivity index (χ0) is 22.7. The molecule has 2 unspecified atom stereocenters. The molecule has 0 radical (unpaired) electrons. The lowest BCUT2D eigenvalue weighted by atomic mass is 9.95. The second-order valence-electron chi connectivity index (χ2n) is 8.47. The Kier molecular flexibility index (Phi) is 6.50. The molecule has 2 aliphatic heterocycles. The molecule has 0 aliphatic carbocycles. The van der Waals surface area contributed by atoms with Crippen LogP contribution in [0.25, 0.3) is 0 Å². The number of methoxy groups -OCH3 is 1. The average Bonchev–Trinajstić information content (AvgIpc) is 3.09. The molecule has 2 aliphatic rings. The number of rotatable bonds is 6. The van der Waals surface area contributed by atoms with Gasteiger partial charge in [0.2, 0.25) is 5.91 Å². The van der Waals surface area contributed by atoms with E-state index in [0.717, 1.165) is 31.4 Å². The molecule has 0 bridgehead atoms. The maximum atomic E-state index is 12.9. The number of hydrogen-bond acceptors (Lipinski definition) is 5. The molecule has 1 amide bonds. The van der Waals surface area contributed by atoms with Crippen molar-refractivity contribution in [3.05, 3.63) is 59.7 Å². The van der Waals surface area contributed by atoms with Crippen LogP contribution in [0.5, 0.6) is 5.75 Å². The van der Waals surface area contributed by atoms with Gasteiger partial charge in [0.15, 0.2) is 5.84 Å². The third-order valence-corrected chi connectivity index (χ3v) is 7.44. The van der Waals surface area contributed by atoms with Crippen LogP contribution < -0.4 is 10.1 Å². The van der Waals surface area contributed by atoms with E-state index < -0.39 is 10.0 Å². The number of aryl methyl sites for hydroxylation is 1. The Balaban J connectivity index is 1.34. The third kappa shape index (κ3) is 4.80. The molecule has 0 aromatic heterocycles. The van der Waals surface area contributed by atoms with Crippen molar-refractivity contribution in [2.24, 2.45) is 10.3 Å². The van der Waals surface area contributed by atoms with Gasteiger partial charge < -0.3 is 15.0 Å². The second kappa shape index (κ2) is 9.32. The van der Waals surface area contributed by atoms with Crippen molar-refractivity contribution in [2.45, 2.75) is 43.5 Å². The minimum Gasteiger partial charge on any atom is -0.497 e. The van der Waals surface area contributed by atoms with Gasteiger partial charge in [-0.25, -0.2) is 0 Å². The van der Waals surface area contributed by atoms with Crippen molar-refractivity contribution in [3.63, 3.8) is 0 Å². The van der Waals surface area contributed by atoms with E-state index >= 15 is 0 Å². The number of carbonyl (C=O) groups is 1. The molecule has 2 atom stereocenters. The number of sulfonamides is 1. The molecule has 0 saturated carbocycles. The van der Waals surface area contributed by atoms with Gasteiger partial charge in [-0.15, -0.1) is 4.40 Å². The van der Waals surface area contributed by atoms with Crippen LogP contribution in [-0.2, 0) is 21.2 Å². The van der Waals surface area contributed by atoms with Crippen molar-refractivity contribution < 1.29 is 17.9 Å². The highest BCUT2D eigenvalue weighted by molar-refractivity contribution is 7.90. The number of piperidine rings is 1. The van der Waals surface area contributed by atoms with Crippen LogP contribution in [0.3, 0.4) is 0 Å². The summed E-state index contributed by atoms with van der Waals surface area (Å²) in [5.41, 5.74) is 1.83. The quantitative estimate of drug-likeness (QED) is 0.724. The Hall–Kier alpha value is -2.87. The van der Waals surface area contributed by atoms with Gasteiger partial charge in [0.05, 0.1) is 13.0 Å². The number of amidine groups is 1. The first-order valence-electron chi connectivity index (χ1n) is 11.0. The van der Waals surface area contributed by atoms with Crippen LogP contribution in [-0.4, -0.2) is 51.3 Å². The molecule has 4 rings (SSSR count). The molecule has 1 saturated heterocycles. The van der Waals surface area contributed by atoms with Gasteiger partial charge >= 0.3 is 0 Å². The maximum Gasteiger partial charge on any atom is 0.285 e. The van der Waals surface area contributed by atoms with Crippen molar-refractivity contribution in [1.29, 1.82) is 0 Å². The van der Waals surface area contributed by atoms with Crippen LogP contribution in [0.1, 0.15) is 37.3 Å². The van der Waals surface area contributed by atoms with Crippen LogP contribution in [0, 0.1) is 5.92 Å². The molecular formula is C24H29N3O4S. The Morgan fingerprint density at radius 3 is 2.72 bits per heavy atom. The summed E-state index contributed by atoms with van der Waals surface area (Å²) in [4.78, 5) is 15.1. The van der Waals surface area contributed by atoms with E-state index in [4.69, 9.17) is 4.74 Å². The first kappa shape index (κ1) is 22.3. The van der Waals surface area contributed by atoms with E-state index in [2.05, 4.69) is 9.71 Å². The Labute approximate surface area is 189 Å². The highest BCUT2D eigenvalue weighted by Crippen LogP contribution is 2.29. The summed E-state index contributed by atoms with van der Waals surface area (Å²) in [7, 11) is -2.01. The summed E-state index contributed by atoms with van der Waals surface area (Å²) in [6, 6.07) is 14.9. The molecule has 2 heterocycles. The first-order valence-corrected chi connectivity index (χ1v) is 12.4. The number of fused-ring (bicyclic) bond motifs is 1. The van der Waals surface area contributed by atoms with Crippen molar-refractivity contribution in [1.82, 2.24) is 10.2 Å². The standard InChI is InChI=1S/C24H29N3O4S/c1-17(9-10-18-11-13-20(31-2)14-12-18)25-24(28)19-6-5-15-27(16-19)23-21-7-3-4-8-22(21)32(29,30)26-23/h3-4,7-8,11-14,17,19H,5-6,9-10,15-16H2,1-2H3,(H,25,28). The molecule has 8 heteroatoms. The molecule has 2 aromatic carbocycles. The number of nitrogens with one attached hydrogen (secondary N) is 1. The lowest BCUT2D eigenvalue weighted by Crippen LogP contribution is -2.47. The Bertz CT molecular complexity index is 1110. The average molecular weight is 456 g/mol. The lowest BCUT2D eigenvalue weighted by Gasteiger charge is -2.34. The Morgan fingerprint density at radius 1 is 1.22 bits per heavy atom. The Morgan fingerprint density at radius 2 is 1.97 bits per heavy atom. The minimum atomic E-state index is -3.66. The van der Waals surface area contributed by atoms with Crippen LogP contribution in [0.2, 0.25) is 0 Å². The molecule has 0 spiro atoms. The van der Waals surface area contributed by atoms with Gasteiger partial charge in [0, 0.05) is 24.7 Å². The fraction of sp³-hybridized carbons (Fsp3) is 0.417. The van der Waals surface area contributed by atoms with Gasteiger partial charge in [-0.2, -0.15) is 8.42 Å². The monoisotopic (exact) mass is 455 g/mol. The topological polar surface area (TPSA) is 88.1 Å². The predicted molar refractivity (Wildman–Crippen MR) is 123 cm³/mol. The highest BCUT2D eigenvalue weighted by atomic mass is 32.2. The number of amides is 1. The first-order chi connectivity index (χ1) is 15.4. The van der Waals surface area contributed by atoms with Crippen LogP contribution in [0.4, 0.5) is 0 Å². The van der Waals surface area contributed by atoms with E-state index in [1.807, 2.05) is 42.2 Å². The third-order valence-electron chi connectivity index (χ3n) is 6.12. The van der Waals surface area contributed by atoms with Gasteiger partial charge in [0.1, 0.15) is 10.6 Å². The minimum absolute atomic E-state index is 0.0201. The number of hydrogen-bond donors (Lipinski definition) is 1. The van der Waals surface area contributed by atoms with Gasteiger partial charge in [-0.05, 0) is 62.4 Å². The summed E-state index contributed by atoms with van der Waals surface area (Å²) >= 11 is 0. The SMILES string of the molecule is COc1ccc(CCC(C)NC(=O)C2CCCN(C3=NS(=O)(=O)c4ccccc43)C2)cc1. The number of carbonyl (C=O) groups excluding carboxylic acids is 1. The number of likely N-dealkylation sites (tertiary alicyclic amines) is 1. The normalized spacial score (nSPS) is 20.2. The smallest absolute Gasteiger partial charge is 0.285 e. The fourth-order valence-electron chi connectivity index (χ4n) is 4.31. The van der Waals surface area contributed by atoms with Crippen molar-refractivity contribution in [2.75, 3.05) is 20.2 Å². The fourth-order valence-corrected chi connectivity index (χ4v) is 5.54. The van der Waals surface area contributed by atoms with E-state index in [-0.39, 0.29) is 22.8 Å². The van der Waals surface area contributed by atoms with Crippen molar-refractivity contribution in [3.8, 4) is 5.75 Å². The van der Waals surface area contributed by atoms with E-state index in [1.165, 1.54) is 5.56 Å². The van der Waals surface area contributed by atoms with Crippen molar-refractivity contribution >= 4 is 21.8 Å². The largest absolute Gasteiger partial charge is 0.497 e. The van der Waals surface area contributed by atoms with Crippen LogP contribution in [0.15, 0.2) is 57.8 Å². The molecule has 32 heavy (non-hydrogen) atoms. The summed E-state index contributed by atoms with van der Waals surface area (Å²) < 4.78 is 34.0. The van der Waals surface area contributed by atoms with E-state index in [1.54, 1.807) is 25.3 Å². The lowest BCUT2D eigenvalue weighted by molar-refractivity contribution is -0.126. The summed E-state index contributed by atoms with van der Waals surface area (Å²) in [6.07, 6.45) is 3.31. The number of ether oxygens (including phenoxy) is 1. The number of nitrogens with zero attached hydrogens (tertiary/aromatic N) is 2. The summed E-state index contributed by atoms with van der Waals surface area (Å²) in [5.74, 6) is 1.13. The number of benzene rings is 2. The molecular weight excluding hydrogens is 426 g/mol. The molecule has 2 aromatic rings. The summed E-state index contributed by atoms with van der Waals surface area (Å²) in [6.45, 7) is 3.19. The van der Waals surface area contributed by atoms with Gasteiger partial charge in [0.25, 0.3) is 10.0 Å². The molecule has 7 nitrogen and oxygen atoms in total. The predicted octanol–water partition coefficient (Wildman–Crippen LogP) is 2.99. The van der Waals surface area contributed by atoms with Gasteiger partial charge in [-0.1, -0.05) is 24.3 Å². The summed E-state index contributed by atoms with van der Waals surface area (Å²) in [5, 5.41) is 3.14. The maximum absolute atomic E-state index is 12.9. The molecule has 1 N–H and O–H groups in total. The zero-order valence-electron chi connectivity index (χ0n) is 18.5. The zero-order valence-corrected chi connectivity index (χ0v) is 19.3. The van der Waals surface area contributed by atoms with E-state index in [9.17, 15) is 13.2 Å². The second-order valence-corrected chi connectivity index (χ2v) is 10.0. The van der Waals surface area contributed by atoms with Gasteiger partial charge in [-0.3, -0.25) is 4.79 Å². The van der Waals surface area contributed by atoms with Crippen LogP contribution >= 0.6 is 0 Å². The van der Waals surface area contributed by atoms with E-state index in [0.29, 0.717) is 24.5 Å². The molecule has 1 fully saturated rings. The molecule has 170 valence electrons. The highest BCUT2D eigenvalue weighted by Gasteiger charge is 2.35.